The third-order valence-electron chi connectivity index (χ3n) is 2.64. The van der Waals surface area contributed by atoms with E-state index >= 15 is 0 Å². The van der Waals surface area contributed by atoms with Gasteiger partial charge in [-0.05, 0) is 12.5 Å². The van der Waals surface area contributed by atoms with Crippen LogP contribution in [-0.4, -0.2) is 12.1 Å². The van der Waals surface area contributed by atoms with Crippen molar-refractivity contribution >= 4 is 6.08 Å². The van der Waals surface area contributed by atoms with E-state index in [2.05, 4.69) is 25.4 Å². The Hall–Kier alpha value is -1.40. The van der Waals surface area contributed by atoms with Crippen molar-refractivity contribution in [2.24, 2.45) is 10.4 Å². The monoisotopic (exact) mass is 189 g/mol. The molecule has 0 aromatic heterocycles. The fraction of sp³-hybridized carbons (Fsp3) is 0.417. The second-order valence-corrected chi connectivity index (χ2v) is 4.13. The highest BCUT2D eigenvalue weighted by Crippen LogP contribution is 2.38. The SMILES string of the molecule is C=C(C)C1=CC=CC(N=C=O)C1(C)C. The van der Waals surface area contributed by atoms with E-state index in [9.17, 15) is 4.79 Å². The zero-order valence-corrected chi connectivity index (χ0v) is 8.87. The molecule has 0 heterocycles. The molecule has 1 atom stereocenters. The van der Waals surface area contributed by atoms with E-state index in [4.69, 9.17) is 0 Å². The summed E-state index contributed by atoms with van der Waals surface area (Å²) in [7, 11) is 0. The molecule has 0 radical (unpaired) electrons. The normalized spacial score (nSPS) is 23.6. The molecule has 0 aromatic rings. The molecular weight excluding hydrogens is 174 g/mol. The summed E-state index contributed by atoms with van der Waals surface area (Å²) < 4.78 is 0. The van der Waals surface area contributed by atoms with Gasteiger partial charge in [0.1, 0.15) is 0 Å². The topological polar surface area (TPSA) is 29.4 Å². The predicted molar refractivity (Wildman–Crippen MR) is 57.7 cm³/mol. The van der Waals surface area contributed by atoms with Crippen LogP contribution in [0.4, 0.5) is 0 Å². The van der Waals surface area contributed by atoms with Crippen LogP contribution < -0.4 is 0 Å². The molecule has 0 bridgehead atoms. The fourth-order valence-corrected chi connectivity index (χ4v) is 1.83. The van der Waals surface area contributed by atoms with Crippen molar-refractivity contribution in [3.63, 3.8) is 0 Å². The van der Waals surface area contributed by atoms with Crippen molar-refractivity contribution in [2.75, 3.05) is 0 Å². The Bertz CT molecular complexity index is 355. The summed E-state index contributed by atoms with van der Waals surface area (Å²) in [6, 6.07) is -0.128. The van der Waals surface area contributed by atoms with Gasteiger partial charge < -0.3 is 0 Å². The Labute approximate surface area is 84.7 Å². The minimum Gasteiger partial charge on any atom is -0.211 e. The lowest BCUT2D eigenvalue weighted by Gasteiger charge is -2.34. The van der Waals surface area contributed by atoms with Crippen molar-refractivity contribution in [3.8, 4) is 0 Å². The molecule has 1 aliphatic carbocycles. The Kier molecular flexibility index (Phi) is 2.87. The molecule has 0 saturated carbocycles. The Morgan fingerprint density at radius 2 is 2.29 bits per heavy atom. The summed E-state index contributed by atoms with van der Waals surface area (Å²) in [6.45, 7) is 10.0. The number of carbonyl (C=O) groups excluding carboxylic acids is 1. The van der Waals surface area contributed by atoms with Crippen LogP contribution in [-0.2, 0) is 4.79 Å². The van der Waals surface area contributed by atoms with E-state index in [1.54, 1.807) is 6.08 Å². The molecule has 0 saturated heterocycles. The first kappa shape index (κ1) is 10.7. The molecule has 0 aromatic carbocycles. The van der Waals surface area contributed by atoms with Crippen LogP contribution in [0.3, 0.4) is 0 Å². The van der Waals surface area contributed by atoms with E-state index in [1.165, 1.54) is 0 Å². The van der Waals surface area contributed by atoms with Crippen LogP contribution in [0.25, 0.3) is 0 Å². The minimum atomic E-state index is -0.169. The van der Waals surface area contributed by atoms with Crippen molar-refractivity contribution in [2.45, 2.75) is 26.8 Å². The molecule has 0 amide bonds. The first-order chi connectivity index (χ1) is 6.50. The van der Waals surface area contributed by atoms with E-state index < -0.39 is 0 Å². The lowest BCUT2D eigenvalue weighted by atomic mass is 9.72. The number of nitrogens with zero attached hydrogens (tertiary/aromatic N) is 1. The molecule has 74 valence electrons. The number of isocyanates is 1. The number of hydrogen-bond donors (Lipinski definition) is 0. The Balaban J connectivity index is 3.13. The maximum atomic E-state index is 10.3. The van der Waals surface area contributed by atoms with Gasteiger partial charge in [-0.3, -0.25) is 0 Å². The number of aliphatic imine (C=N–C) groups is 1. The molecule has 2 heteroatoms. The molecule has 0 N–H and O–H groups in total. The molecule has 0 aliphatic heterocycles. The third-order valence-corrected chi connectivity index (χ3v) is 2.64. The van der Waals surface area contributed by atoms with E-state index in [0.29, 0.717) is 0 Å². The van der Waals surface area contributed by atoms with Crippen molar-refractivity contribution < 1.29 is 4.79 Å². The average Bonchev–Trinajstić information content (AvgIpc) is 2.07. The summed E-state index contributed by atoms with van der Waals surface area (Å²) in [4.78, 5) is 14.1. The largest absolute Gasteiger partial charge is 0.235 e. The van der Waals surface area contributed by atoms with Gasteiger partial charge in [0.25, 0.3) is 0 Å². The quantitative estimate of drug-likeness (QED) is 0.485. The van der Waals surface area contributed by atoms with E-state index in [-0.39, 0.29) is 11.5 Å². The van der Waals surface area contributed by atoms with Crippen LogP contribution in [0, 0.1) is 5.41 Å². The summed E-state index contributed by atoms with van der Waals surface area (Å²) in [5, 5.41) is 0. The molecule has 1 unspecified atom stereocenters. The van der Waals surface area contributed by atoms with Crippen LogP contribution in [0.2, 0.25) is 0 Å². The average molecular weight is 189 g/mol. The van der Waals surface area contributed by atoms with Crippen LogP contribution in [0.5, 0.6) is 0 Å². The molecule has 2 nitrogen and oxygen atoms in total. The van der Waals surface area contributed by atoms with Gasteiger partial charge in [0.15, 0.2) is 0 Å². The molecule has 1 rings (SSSR count). The summed E-state index contributed by atoms with van der Waals surface area (Å²) in [5.41, 5.74) is 1.99. The number of hydrogen-bond acceptors (Lipinski definition) is 2. The molecular formula is C12H15NO. The second kappa shape index (κ2) is 3.77. The van der Waals surface area contributed by atoms with Gasteiger partial charge in [-0.25, -0.2) is 4.79 Å². The number of allylic oxidation sites excluding steroid dienone is 3. The van der Waals surface area contributed by atoms with E-state index in [0.717, 1.165) is 11.1 Å². The zero-order valence-electron chi connectivity index (χ0n) is 8.87. The first-order valence-electron chi connectivity index (χ1n) is 4.62. The highest BCUT2D eigenvalue weighted by Gasteiger charge is 2.33. The lowest BCUT2D eigenvalue weighted by Crippen LogP contribution is -2.30. The molecule has 0 fully saturated rings. The van der Waals surface area contributed by atoms with Gasteiger partial charge in [0.2, 0.25) is 6.08 Å². The lowest BCUT2D eigenvalue weighted by molar-refractivity contribution is 0.396. The standard InChI is InChI=1S/C12H15NO/c1-9(2)10-6-5-7-11(13-8-14)12(10,3)4/h5-7,11H,1H2,2-4H3. The Morgan fingerprint density at radius 1 is 1.64 bits per heavy atom. The Morgan fingerprint density at radius 3 is 2.79 bits per heavy atom. The van der Waals surface area contributed by atoms with Gasteiger partial charge >= 0.3 is 0 Å². The second-order valence-electron chi connectivity index (χ2n) is 4.13. The highest BCUT2D eigenvalue weighted by molar-refractivity contribution is 5.44. The van der Waals surface area contributed by atoms with Crippen LogP contribution in [0.15, 0.2) is 40.9 Å². The molecule has 1 aliphatic rings. The number of rotatable bonds is 2. The summed E-state index contributed by atoms with van der Waals surface area (Å²) >= 11 is 0. The highest BCUT2D eigenvalue weighted by atomic mass is 16.1. The fourth-order valence-electron chi connectivity index (χ4n) is 1.83. The summed E-state index contributed by atoms with van der Waals surface area (Å²) in [6.07, 6.45) is 7.48. The predicted octanol–water partition coefficient (Wildman–Crippen LogP) is 2.79. The smallest absolute Gasteiger partial charge is 0.211 e. The first-order valence-corrected chi connectivity index (χ1v) is 4.62. The van der Waals surface area contributed by atoms with E-state index in [1.807, 2.05) is 25.2 Å². The van der Waals surface area contributed by atoms with Crippen LogP contribution >= 0.6 is 0 Å². The summed E-state index contributed by atoms with van der Waals surface area (Å²) in [5.74, 6) is 0. The zero-order chi connectivity index (χ0) is 10.8. The maximum Gasteiger partial charge on any atom is 0.235 e. The molecule has 14 heavy (non-hydrogen) atoms. The van der Waals surface area contributed by atoms with Crippen molar-refractivity contribution in [1.82, 2.24) is 0 Å². The van der Waals surface area contributed by atoms with Gasteiger partial charge in [-0.15, -0.1) is 0 Å². The van der Waals surface area contributed by atoms with Crippen LogP contribution in [0.1, 0.15) is 20.8 Å². The third kappa shape index (κ3) is 1.75. The van der Waals surface area contributed by atoms with Crippen molar-refractivity contribution in [1.29, 1.82) is 0 Å². The molecule has 0 spiro atoms. The van der Waals surface area contributed by atoms with Gasteiger partial charge in [0.05, 0.1) is 6.04 Å². The van der Waals surface area contributed by atoms with Gasteiger partial charge in [-0.2, -0.15) is 4.99 Å². The van der Waals surface area contributed by atoms with Gasteiger partial charge in [-0.1, -0.05) is 44.2 Å². The van der Waals surface area contributed by atoms with Crippen molar-refractivity contribution in [3.05, 3.63) is 36.0 Å². The maximum absolute atomic E-state index is 10.3. The van der Waals surface area contributed by atoms with Gasteiger partial charge in [0, 0.05) is 5.41 Å². The minimum absolute atomic E-state index is 0.128.